The minimum atomic E-state index is 0. The molecule has 0 rings (SSSR count). The van der Waals surface area contributed by atoms with E-state index >= 15 is 0 Å². The van der Waals surface area contributed by atoms with Crippen molar-refractivity contribution in [1.29, 1.82) is 0 Å². The fraction of sp³-hybridized carbons (Fsp3) is 0. The third-order valence-electron chi connectivity index (χ3n) is 0. The van der Waals surface area contributed by atoms with Gasteiger partial charge in [-0.2, -0.15) is 0 Å². The first-order valence-corrected chi connectivity index (χ1v) is 1.50. The van der Waals surface area contributed by atoms with Crippen LogP contribution in [-0.4, -0.2) is 0 Å². The zero-order chi connectivity index (χ0) is 2.00. The Morgan fingerprint density at radius 2 is 1.25 bits per heavy atom. The molecule has 0 aliphatic rings. The van der Waals surface area contributed by atoms with Gasteiger partial charge in [-0.05, 0) is 0 Å². The van der Waals surface area contributed by atoms with Crippen molar-refractivity contribution in [3.8, 4) is 0 Å². The van der Waals surface area contributed by atoms with Gasteiger partial charge >= 0.3 is 21.8 Å². The van der Waals surface area contributed by atoms with Gasteiger partial charge in [0.05, 0.1) is 0 Å². The summed E-state index contributed by atoms with van der Waals surface area (Å²) in [5.74, 6) is 0. The first-order chi connectivity index (χ1) is 1.00. The predicted octanol–water partition coefficient (Wildman–Crippen LogP) is -0.126. The van der Waals surface area contributed by atoms with Crippen molar-refractivity contribution >= 4 is 0 Å². The van der Waals surface area contributed by atoms with Crippen molar-refractivity contribution in [2.24, 2.45) is 0 Å². The monoisotopic (exact) mass is 237 g/mol. The Morgan fingerprint density at radius 3 is 1.25 bits per heavy atom. The number of rotatable bonds is 0. The van der Waals surface area contributed by atoms with Crippen LogP contribution in [0.3, 0.4) is 0 Å². The maximum atomic E-state index is 8.38. The van der Waals surface area contributed by atoms with E-state index in [2.05, 4.69) is 0 Å². The average Bonchev–Trinajstić information content (AvgIpc) is 1.00. The van der Waals surface area contributed by atoms with Crippen LogP contribution in [-0.2, 0) is 59.7 Å². The molecule has 1 radical (unpaired) electrons. The third kappa shape index (κ3) is 9.47. The van der Waals surface area contributed by atoms with Gasteiger partial charge in [0.25, 0.3) is 0 Å². The van der Waals surface area contributed by atoms with Crippen LogP contribution in [0.15, 0.2) is 0 Å². The first-order valence-electron chi connectivity index (χ1n) is 0.289. The van der Waals surface area contributed by atoms with Crippen LogP contribution < -0.4 is 0 Å². The van der Waals surface area contributed by atoms with Gasteiger partial charge in [-0.25, -0.2) is 0 Å². The summed E-state index contributed by atoms with van der Waals surface area (Å²) in [6.45, 7) is 0. The van der Waals surface area contributed by atoms with Crippen molar-refractivity contribution in [2.75, 3.05) is 0 Å². The van der Waals surface area contributed by atoms with Gasteiger partial charge in [-0.3, -0.25) is 0 Å². The minimum absolute atomic E-state index is 0. The molecular weight excluding hydrogens is 236 g/mol. The SMILES string of the molecule is [Co].[Mo].[O]=[Zn]. The van der Waals surface area contributed by atoms with Gasteiger partial charge in [0.1, 0.15) is 0 Å². The Hall–Kier alpha value is 1.62. The standard InChI is InChI=1S/Co.Mo.O.Zn. The van der Waals surface area contributed by atoms with E-state index in [-0.39, 0.29) is 56.1 Å². The Balaban J connectivity index is -0.00000000500. The molecule has 4 heavy (non-hydrogen) atoms. The fourth-order valence-corrected chi connectivity index (χ4v) is 0. The van der Waals surface area contributed by atoms with E-state index in [1.165, 1.54) is 0 Å². The molecule has 23 valence electrons. The maximum absolute atomic E-state index is 8.38. The second kappa shape index (κ2) is 23.1. The van der Waals surface area contributed by atoms with E-state index in [1.54, 1.807) is 0 Å². The Morgan fingerprint density at radius 1 is 1.25 bits per heavy atom. The molecule has 0 aromatic rings. The predicted molar refractivity (Wildman–Crippen MR) is 0.686 cm³/mol. The zero-order valence-electron chi connectivity index (χ0n) is 1.86. The van der Waals surface area contributed by atoms with Crippen molar-refractivity contribution < 1.29 is 59.7 Å². The normalized spacial score (nSPS) is 1.50. The molecule has 0 saturated carbocycles. The zero-order valence-corrected chi connectivity index (χ0v) is 7.87. The van der Waals surface area contributed by atoms with Crippen molar-refractivity contribution in [1.82, 2.24) is 0 Å². The summed E-state index contributed by atoms with van der Waals surface area (Å²) in [5.41, 5.74) is 0. The van der Waals surface area contributed by atoms with Crippen LogP contribution in [0.2, 0.25) is 0 Å². The second-order valence-corrected chi connectivity index (χ2v) is 0. The Labute approximate surface area is 59.3 Å². The quantitative estimate of drug-likeness (QED) is 0.536. The Bertz CT molecular complexity index is 8.00. The van der Waals surface area contributed by atoms with Gasteiger partial charge in [-0.1, -0.05) is 0 Å². The molecule has 0 aliphatic heterocycles. The number of hydrogen-bond acceptors (Lipinski definition) is 1. The summed E-state index contributed by atoms with van der Waals surface area (Å²) in [6, 6.07) is 0. The van der Waals surface area contributed by atoms with Crippen molar-refractivity contribution in [2.45, 2.75) is 0 Å². The van der Waals surface area contributed by atoms with Crippen LogP contribution in [0.25, 0.3) is 0 Å². The first kappa shape index (κ1) is 17.5. The van der Waals surface area contributed by atoms with Crippen LogP contribution in [0.5, 0.6) is 0 Å². The molecule has 0 amide bonds. The van der Waals surface area contributed by atoms with Crippen LogP contribution in [0.1, 0.15) is 0 Å². The molecule has 0 unspecified atom stereocenters. The van der Waals surface area contributed by atoms with Gasteiger partial charge in [0.2, 0.25) is 0 Å². The molecular formula is CoMoOZn. The molecule has 0 saturated heterocycles. The van der Waals surface area contributed by atoms with Crippen LogP contribution in [0.4, 0.5) is 0 Å². The molecule has 0 aliphatic carbocycles. The summed E-state index contributed by atoms with van der Waals surface area (Å²) in [4.78, 5) is 0. The summed E-state index contributed by atoms with van der Waals surface area (Å²) in [5, 5.41) is 0. The summed E-state index contributed by atoms with van der Waals surface area (Å²) in [6.07, 6.45) is 0. The molecule has 0 heterocycles. The van der Waals surface area contributed by atoms with Crippen LogP contribution in [0, 0.1) is 0 Å². The average molecular weight is 236 g/mol. The molecule has 0 fully saturated rings. The molecule has 0 N–H and O–H groups in total. The summed E-state index contributed by atoms with van der Waals surface area (Å²) >= 11 is 0.125. The van der Waals surface area contributed by atoms with Crippen LogP contribution >= 0.6 is 0 Å². The molecule has 0 bridgehead atoms. The third-order valence-corrected chi connectivity index (χ3v) is 0. The van der Waals surface area contributed by atoms with E-state index in [0.717, 1.165) is 0 Å². The molecule has 4 heteroatoms. The second-order valence-electron chi connectivity index (χ2n) is 0. The van der Waals surface area contributed by atoms with Gasteiger partial charge in [-0.15, -0.1) is 0 Å². The van der Waals surface area contributed by atoms with E-state index in [0.29, 0.717) is 0 Å². The Kier molecular flexibility index (Phi) is 101. The van der Waals surface area contributed by atoms with E-state index in [9.17, 15) is 0 Å². The van der Waals surface area contributed by atoms with Crippen molar-refractivity contribution in [3.63, 3.8) is 0 Å². The topological polar surface area (TPSA) is 17.1 Å². The van der Waals surface area contributed by atoms with Crippen molar-refractivity contribution in [3.05, 3.63) is 0 Å². The molecule has 0 aromatic carbocycles. The molecule has 0 aromatic heterocycles. The molecule has 0 atom stereocenters. The van der Waals surface area contributed by atoms with E-state index in [4.69, 9.17) is 3.57 Å². The van der Waals surface area contributed by atoms with Gasteiger partial charge in [0.15, 0.2) is 0 Å². The summed E-state index contributed by atoms with van der Waals surface area (Å²) < 4.78 is 8.38. The van der Waals surface area contributed by atoms with Gasteiger partial charge < -0.3 is 0 Å². The number of hydrogen-bond donors (Lipinski definition) is 0. The fourth-order valence-electron chi connectivity index (χ4n) is 0. The van der Waals surface area contributed by atoms with Gasteiger partial charge in [0, 0.05) is 37.8 Å². The summed E-state index contributed by atoms with van der Waals surface area (Å²) in [7, 11) is 0. The van der Waals surface area contributed by atoms with E-state index < -0.39 is 0 Å². The molecule has 0 spiro atoms. The molecule has 1 nitrogen and oxygen atoms in total. The van der Waals surface area contributed by atoms with E-state index in [1.807, 2.05) is 0 Å².